The molecule has 1 aliphatic rings. The number of alkyl halides is 1. The van der Waals surface area contributed by atoms with Crippen molar-refractivity contribution < 1.29 is 9.13 Å². The molecular weight excluding hydrogens is 311 g/mol. The van der Waals surface area contributed by atoms with E-state index in [2.05, 4.69) is 25.3 Å². The first-order valence-corrected chi connectivity index (χ1v) is 8.19. The van der Waals surface area contributed by atoms with Gasteiger partial charge in [0, 0.05) is 45.0 Å². The van der Waals surface area contributed by atoms with Crippen LogP contribution >= 0.6 is 0 Å². The first kappa shape index (κ1) is 16.6. The van der Waals surface area contributed by atoms with Gasteiger partial charge in [-0.05, 0) is 19.4 Å². The Morgan fingerprint density at radius 1 is 1.42 bits per heavy atom. The van der Waals surface area contributed by atoms with Gasteiger partial charge in [0.1, 0.15) is 18.3 Å². The molecule has 130 valence electrons. The molecule has 1 aliphatic heterocycles. The topological polar surface area (TPSA) is 68.1 Å². The number of likely N-dealkylation sites (tertiary alicyclic amines) is 1. The fourth-order valence-corrected chi connectivity index (χ4v) is 2.98. The normalized spacial score (nSPS) is 21.1. The van der Waals surface area contributed by atoms with Gasteiger partial charge in [0.15, 0.2) is 0 Å². The Morgan fingerprint density at radius 3 is 3.04 bits per heavy atom. The monoisotopic (exact) mass is 334 g/mol. The van der Waals surface area contributed by atoms with Crippen LogP contribution in [-0.2, 0) is 13.6 Å². The van der Waals surface area contributed by atoms with E-state index in [0.29, 0.717) is 44.4 Å². The summed E-state index contributed by atoms with van der Waals surface area (Å²) in [7, 11) is 1.90. The molecule has 2 aromatic rings. The van der Waals surface area contributed by atoms with Gasteiger partial charge >= 0.3 is 0 Å². The Labute approximate surface area is 140 Å². The molecule has 2 atom stereocenters. The highest BCUT2D eigenvalue weighted by Crippen LogP contribution is 2.23. The van der Waals surface area contributed by atoms with E-state index in [1.807, 2.05) is 24.7 Å². The average Bonchev–Trinajstić information content (AvgIpc) is 3.12. The number of anilines is 1. The van der Waals surface area contributed by atoms with E-state index in [0.717, 1.165) is 5.69 Å². The number of halogens is 1. The van der Waals surface area contributed by atoms with Crippen molar-refractivity contribution in [3.8, 4) is 5.88 Å². The van der Waals surface area contributed by atoms with Crippen LogP contribution in [0.15, 0.2) is 24.7 Å². The van der Waals surface area contributed by atoms with E-state index in [4.69, 9.17) is 4.74 Å². The molecule has 0 aromatic carbocycles. The molecular formula is C16H23FN6O. The minimum absolute atomic E-state index is 0.111. The van der Waals surface area contributed by atoms with Gasteiger partial charge in [-0.2, -0.15) is 5.10 Å². The number of ether oxygens (including phenoxy) is 1. The Morgan fingerprint density at radius 2 is 2.29 bits per heavy atom. The zero-order chi connectivity index (χ0) is 16.9. The molecule has 0 amide bonds. The van der Waals surface area contributed by atoms with Crippen LogP contribution in [0, 0.1) is 0 Å². The van der Waals surface area contributed by atoms with Crippen LogP contribution in [0.2, 0.25) is 0 Å². The highest BCUT2D eigenvalue weighted by atomic mass is 19.1. The van der Waals surface area contributed by atoms with Crippen molar-refractivity contribution in [2.45, 2.75) is 32.1 Å². The first-order chi connectivity index (χ1) is 11.7. The molecule has 0 bridgehead atoms. The molecule has 7 nitrogen and oxygen atoms in total. The van der Waals surface area contributed by atoms with Gasteiger partial charge in [-0.25, -0.2) is 14.4 Å². The average molecular weight is 334 g/mol. The molecule has 3 heterocycles. The second kappa shape index (κ2) is 7.57. The lowest BCUT2D eigenvalue weighted by Crippen LogP contribution is -2.35. The van der Waals surface area contributed by atoms with Crippen LogP contribution in [-0.4, -0.2) is 56.6 Å². The predicted octanol–water partition coefficient (Wildman–Crippen LogP) is 1.63. The number of nitrogens with zero attached hydrogens (tertiary/aromatic N) is 5. The SMILES string of the molecule is CCOc1cc(NC[C@@H]2C[C@H](F)CN2Cc2ccnn2C)ncn1. The lowest BCUT2D eigenvalue weighted by Gasteiger charge is -2.24. The predicted molar refractivity (Wildman–Crippen MR) is 88.6 cm³/mol. The summed E-state index contributed by atoms with van der Waals surface area (Å²) < 4.78 is 21.1. The first-order valence-electron chi connectivity index (χ1n) is 8.19. The molecule has 1 N–H and O–H groups in total. The maximum absolute atomic E-state index is 13.9. The quantitative estimate of drug-likeness (QED) is 0.830. The lowest BCUT2D eigenvalue weighted by atomic mass is 10.2. The van der Waals surface area contributed by atoms with Crippen molar-refractivity contribution in [2.24, 2.45) is 7.05 Å². The summed E-state index contributed by atoms with van der Waals surface area (Å²) in [4.78, 5) is 10.4. The molecule has 0 aliphatic carbocycles. The number of hydrogen-bond acceptors (Lipinski definition) is 6. The smallest absolute Gasteiger partial charge is 0.218 e. The van der Waals surface area contributed by atoms with Gasteiger partial charge < -0.3 is 10.1 Å². The van der Waals surface area contributed by atoms with Crippen LogP contribution < -0.4 is 10.1 Å². The van der Waals surface area contributed by atoms with E-state index in [-0.39, 0.29) is 6.04 Å². The van der Waals surface area contributed by atoms with Crippen LogP contribution in [0.4, 0.5) is 10.2 Å². The van der Waals surface area contributed by atoms with Gasteiger partial charge in [-0.3, -0.25) is 9.58 Å². The Balaban J connectivity index is 1.60. The van der Waals surface area contributed by atoms with Crippen molar-refractivity contribution in [2.75, 3.05) is 25.0 Å². The Bertz CT molecular complexity index is 664. The number of hydrogen-bond donors (Lipinski definition) is 1. The van der Waals surface area contributed by atoms with Crippen molar-refractivity contribution in [1.82, 2.24) is 24.6 Å². The standard InChI is InChI=1S/C16H23FN6O/c1-3-24-16-7-15(19-11-20-16)18-8-14-6-12(17)9-23(14)10-13-4-5-21-22(13)2/h4-5,7,11-12,14H,3,6,8-10H2,1-2H3,(H,18,19,20)/t12-,14-/m0/s1. The zero-order valence-electron chi connectivity index (χ0n) is 14.0. The van der Waals surface area contributed by atoms with Gasteiger partial charge in [-0.1, -0.05) is 0 Å². The van der Waals surface area contributed by atoms with Crippen LogP contribution in [0.25, 0.3) is 0 Å². The van der Waals surface area contributed by atoms with Crippen LogP contribution in [0.1, 0.15) is 19.0 Å². The molecule has 0 saturated carbocycles. The summed E-state index contributed by atoms with van der Waals surface area (Å²) >= 11 is 0. The second-order valence-electron chi connectivity index (χ2n) is 5.92. The maximum atomic E-state index is 13.9. The van der Waals surface area contributed by atoms with Gasteiger partial charge in [0.25, 0.3) is 0 Å². The molecule has 0 unspecified atom stereocenters. The van der Waals surface area contributed by atoms with Crippen LogP contribution in [0.5, 0.6) is 5.88 Å². The van der Waals surface area contributed by atoms with E-state index in [1.54, 1.807) is 12.3 Å². The summed E-state index contributed by atoms with van der Waals surface area (Å²) in [6.45, 7) is 4.23. The zero-order valence-corrected chi connectivity index (χ0v) is 14.0. The molecule has 3 rings (SSSR count). The number of nitrogens with one attached hydrogen (secondary N) is 1. The summed E-state index contributed by atoms with van der Waals surface area (Å²) in [5.41, 5.74) is 1.08. The second-order valence-corrected chi connectivity index (χ2v) is 5.92. The van der Waals surface area contributed by atoms with Gasteiger partial charge in [-0.15, -0.1) is 0 Å². The van der Waals surface area contributed by atoms with Crippen molar-refractivity contribution in [3.05, 3.63) is 30.4 Å². The highest BCUT2D eigenvalue weighted by molar-refractivity contribution is 5.37. The maximum Gasteiger partial charge on any atom is 0.218 e. The highest BCUT2D eigenvalue weighted by Gasteiger charge is 2.32. The van der Waals surface area contributed by atoms with Crippen molar-refractivity contribution >= 4 is 5.82 Å². The summed E-state index contributed by atoms with van der Waals surface area (Å²) in [5.74, 6) is 1.23. The van der Waals surface area contributed by atoms with Crippen LogP contribution in [0.3, 0.4) is 0 Å². The molecule has 1 fully saturated rings. The molecule has 0 radical (unpaired) electrons. The Hall–Kier alpha value is -2.22. The van der Waals surface area contributed by atoms with Crippen molar-refractivity contribution in [3.63, 3.8) is 0 Å². The number of aryl methyl sites for hydroxylation is 1. The van der Waals surface area contributed by atoms with Crippen molar-refractivity contribution in [1.29, 1.82) is 0 Å². The third-order valence-electron chi connectivity index (χ3n) is 4.22. The summed E-state index contributed by atoms with van der Waals surface area (Å²) in [6.07, 6.45) is 2.96. The fraction of sp³-hybridized carbons (Fsp3) is 0.562. The third kappa shape index (κ3) is 4.00. The summed E-state index contributed by atoms with van der Waals surface area (Å²) in [6, 6.07) is 3.84. The largest absolute Gasteiger partial charge is 0.478 e. The summed E-state index contributed by atoms with van der Waals surface area (Å²) in [5, 5.41) is 7.44. The van der Waals surface area contributed by atoms with E-state index in [9.17, 15) is 4.39 Å². The molecule has 24 heavy (non-hydrogen) atoms. The number of rotatable bonds is 7. The fourth-order valence-electron chi connectivity index (χ4n) is 2.98. The minimum atomic E-state index is -0.797. The molecule has 1 saturated heterocycles. The third-order valence-corrected chi connectivity index (χ3v) is 4.22. The van der Waals surface area contributed by atoms with E-state index >= 15 is 0 Å². The van der Waals surface area contributed by atoms with E-state index in [1.165, 1.54) is 6.33 Å². The number of aromatic nitrogens is 4. The van der Waals surface area contributed by atoms with E-state index < -0.39 is 6.17 Å². The molecule has 8 heteroatoms. The minimum Gasteiger partial charge on any atom is -0.478 e. The lowest BCUT2D eigenvalue weighted by molar-refractivity contribution is 0.235. The molecule has 2 aromatic heterocycles. The van der Waals surface area contributed by atoms with Gasteiger partial charge in [0.05, 0.1) is 12.3 Å². The molecule has 0 spiro atoms. The van der Waals surface area contributed by atoms with Gasteiger partial charge in [0.2, 0.25) is 5.88 Å². The Kier molecular flexibility index (Phi) is 5.24.